The number of nitrogens with two attached hydrogens (primary N) is 1. The number of nitrogens with one attached hydrogen (secondary N) is 1. The van der Waals surface area contributed by atoms with Gasteiger partial charge in [-0.2, -0.15) is 0 Å². The van der Waals surface area contributed by atoms with Crippen LogP contribution in [0.5, 0.6) is 0 Å². The molecule has 4 nitrogen and oxygen atoms in total. The van der Waals surface area contributed by atoms with E-state index in [1.165, 1.54) is 0 Å². The molecule has 1 unspecified atom stereocenters. The van der Waals surface area contributed by atoms with Gasteiger partial charge in [0.05, 0.1) is 0 Å². The summed E-state index contributed by atoms with van der Waals surface area (Å²) in [4.78, 5) is 13.2. The Balaban J connectivity index is 3.67. The fraction of sp³-hybridized carbons (Fsp3) is 0.900. The van der Waals surface area contributed by atoms with Crippen molar-refractivity contribution in [1.29, 1.82) is 0 Å². The molecule has 14 heavy (non-hydrogen) atoms. The van der Waals surface area contributed by atoms with Crippen molar-refractivity contribution < 1.29 is 4.79 Å². The predicted molar refractivity (Wildman–Crippen MR) is 58.6 cm³/mol. The van der Waals surface area contributed by atoms with Gasteiger partial charge in [0, 0.05) is 12.5 Å². The summed E-state index contributed by atoms with van der Waals surface area (Å²) in [5, 5.41) is 0. The summed E-state index contributed by atoms with van der Waals surface area (Å²) in [7, 11) is 0. The second-order valence-electron chi connectivity index (χ2n) is 3.56. The molecule has 0 saturated carbocycles. The van der Waals surface area contributed by atoms with Crippen LogP contribution in [0.2, 0.25) is 0 Å². The topological polar surface area (TPSA) is 58.4 Å². The zero-order valence-electron chi connectivity index (χ0n) is 9.55. The number of hydrogen-bond donors (Lipinski definition) is 2. The van der Waals surface area contributed by atoms with Gasteiger partial charge in [0.15, 0.2) is 0 Å². The average Bonchev–Trinajstić information content (AvgIpc) is 2.22. The summed E-state index contributed by atoms with van der Waals surface area (Å²) in [5.74, 6) is 4.92. The van der Waals surface area contributed by atoms with Crippen LogP contribution in [-0.2, 0) is 4.79 Å². The maximum atomic E-state index is 10.9. The van der Waals surface area contributed by atoms with Crippen LogP contribution < -0.4 is 11.3 Å². The summed E-state index contributed by atoms with van der Waals surface area (Å²) in [6.07, 6.45) is 2.54. The van der Waals surface area contributed by atoms with Gasteiger partial charge < -0.3 is 4.90 Å². The van der Waals surface area contributed by atoms with E-state index in [0.29, 0.717) is 12.5 Å². The van der Waals surface area contributed by atoms with Crippen LogP contribution in [0.3, 0.4) is 0 Å². The predicted octanol–water partition coefficient (Wildman–Crippen LogP) is 0.877. The van der Waals surface area contributed by atoms with Crippen LogP contribution in [-0.4, -0.2) is 29.9 Å². The minimum Gasteiger partial charge on any atom is -0.301 e. The third kappa shape index (κ3) is 5.19. The van der Waals surface area contributed by atoms with Gasteiger partial charge in [0.2, 0.25) is 5.91 Å². The first kappa shape index (κ1) is 13.4. The summed E-state index contributed by atoms with van der Waals surface area (Å²) >= 11 is 0. The van der Waals surface area contributed by atoms with Gasteiger partial charge in [-0.25, -0.2) is 5.84 Å². The van der Waals surface area contributed by atoms with Gasteiger partial charge in [-0.3, -0.25) is 10.2 Å². The molecule has 0 aliphatic heterocycles. The lowest BCUT2D eigenvalue weighted by molar-refractivity contribution is -0.121. The normalized spacial score (nSPS) is 12.9. The van der Waals surface area contributed by atoms with E-state index in [0.717, 1.165) is 25.9 Å². The average molecular weight is 201 g/mol. The van der Waals surface area contributed by atoms with E-state index in [9.17, 15) is 4.79 Å². The first-order chi connectivity index (χ1) is 6.65. The van der Waals surface area contributed by atoms with E-state index in [1.807, 2.05) is 0 Å². The molecule has 0 heterocycles. The molecule has 0 radical (unpaired) electrons. The molecule has 84 valence electrons. The van der Waals surface area contributed by atoms with Crippen molar-refractivity contribution in [3.8, 4) is 0 Å². The van der Waals surface area contributed by atoms with Gasteiger partial charge in [-0.1, -0.05) is 13.8 Å². The van der Waals surface area contributed by atoms with Crippen LogP contribution in [0, 0.1) is 0 Å². The van der Waals surface area contributed by atoms with E-state index in [4.69, 9.17) is 5.84 Å². The van der Waals surface area contributed by atoms with Crippen molar-refractivity contribution in [3.05, 3.63) is 0 Å². The van der Waals surface area contributed by atoms with Gasteiger partial charge in [0.25, 0.3) is 0 Å². The van der Waals surface area contributed by atoms with Crippen LogP contribution in [0.15, 0.2) is 0 Å². The summed E-state index contributed by atoms with van der Waals surface area (Å²) < 4.78 is 0. The highest BCUT2D eigenvalue weighted by atomic mass is 16.2. The highest BCUT2D eigenvalue weighted by Crippen LogP contribution is 2.04. The largest absolute Gasteiger partial charge is 0.301 e. The maximum Gasteiger partial charge on any atom is 0.233 e. The van der Waals surface area contributed by atoms with Crippen molar-refractivity contribution in [1.82, 2.24) is 10.3 Å². The SMILES string of the molecule is CCC(C)N(CC)CCCC(=O)NN. The molecule has 0 saturated heterocycles. The van der Waals surface area contributed by atoms with E-state index < -0.39 is 0 Å². The Kier molecular flexibility index (Phi) is 7.42. The molecule has 0 rings (SSSR count). The lowest BCUT2D eigenvalue weighted by Crippen LogP contribution is -2.35. The van der Waals surface area contributed by atoms with Gasteiger partial charge in [-0.15, -0.1) is 0 Å². The Labute approximate surface area is 86.8 Å². The first-order valence-electron chi connectivity index (χ1n) is 5.39. The van der Waals surface area contributed by atoms with Gasteiger partial charge >= 0.3 is 0 Å². The van der Waals surface area contributed by atoms with E-state index in [2.05, 4.69) is 31.1 Å². The number of hydrogen-bond acceptors (Lipinski definition) is 3. The van der Waals surface area contributed by atoms with Crippen molar-refractivity contribution in [2.75, 3.05) is 13.1 Å². The van der Waals surface area contributed by atoms with Crippen molar-refractivity contribution >= 4 is 5.91 Å². The lowest BCUT2D eigenvalue weighted by atomic mass is 10.2. The Hall–Kier alpha value is -0.610. The summed E-state index contributed by atoms with van der Waals surface area (Å²) in [5.41, 5.74) is 2.14. The molecule has 1 atom stereocenters. The molecule has 1 amide bonds. The number of nitrogens with zero attached hydrogens (tertiary/aromatic N) is 1. The standard InChI is InChI=1S/C10H23N3O/c1-4-9(3)13(5-2)8-6-7-10(14)12-11/h9H,4-8,11H2,1-3H3,(H,12,14). The number of rotatable bonds is 7. The molecule has 0 bridgehead atoms. The molecular formula is C10H23N3O. The lowest BCUT2D eigenvalue weighted by Gasteiger charge is -2.26. The third-order valence-electron chi connectivity index (χ3n) is 2.63. The van der Waals surface area contributed by atoms with Crippen LogP contribution in [0.4, 0.5) is 0 Å². The van der Waals surface area contributed by atoms with Crippen LogP contribution >= 0.6 is 0 Å². The Bertz CT molecular complexity index is 161. The number of hydrazine groups is 1. The number of carbonyl (C=O) groups is 1. The third-order valence-corrected chi connectivity index (χ3v) is 2.63. The second kappa shape index (κ2) is 7.76. The Morgan fingerprint density at radius 2 is 2.14 bits per heavy atom. The fourth-order valence-electron chi connectivity index (χ4n) is 1.46. The molecule has 0 aliphatic carbocycles. The second-order valence-corrected chi connectivity index (χ2v) is 3.56. The highest BCUT2D eigenvalue weighted by molar-refractivity contribution is 5.75. The van der Waals surface area contributed by atoms with Crippen LogP contribution in [0.1, 0.15) is 40.0 Å². The Morgan fingerprint density at radius 1 is 1.50 bits per heavy atom. The molecule has 0 aliphatic rings. The van der Waals surface area contributed by atoms with Crippen LogP contribution in [0.25, 0.3) is 0 Å². The fourth-order valence-corrected chi connectivity index (χ4v) is 1.46. The van der Waals surface area contributed by atoms with Crippen molar-refractivity contribution in [2.24, 2.45) is 5.84 Å². The highest BCUT2D eigenvalue weighted by Gasteiger charge is 2.09. The molecule has 0 fully saturated rings. The number of carbonyl (C=O) groups excluding carboxylic acids is 1. The van der Waals surface area contributed by atoms with Crippen molar-refractivity contribution in [2.45, 2.75) is 46.1 Å². The van der Waals surface area contributed by atoms with E-state index >= 15 is 0 Å². The molecule has 0 aromatic heterocycles. The minimum atomic E-state index is -0.0785. The molecule has 0 aromatic carbocycles. The molecule has 0 aromatic rings. The maximum absolute atomic E-state index is 10.9. The summed E-state index contributed by atoms with van der Waals surface area (Å²) in [6, 6.07) is 0.598. The van der Waals surface area contributed by atoms with Crippen molar-refractivity contribution in [3.63, 3.8) is 0 Å². The zero-order valence-corrected chi connectivity index (χ0v) is 9.55. The molecule has 4 heteroatoms. The minimum absolute atomic E-state index is 0.0785. The Morgan fingerprint density at radius 3 is 2.57 bits per heavy atom. The van der Waals surface area contributed by atoms with E-state index in [1.54, 1.807) is 0 Å². The monoisotopic (exact) mass is 201 g/mol. The first-order valence-corrected chi connectivity index (χ1v) is 5.39. The van der Waals surface area contributed by atoms with Gasteiger partial charge in [-0.05, 0) is 32.9 Å². The molecular weight excluding hydrogens is 178 g/mol. The molecule has 0 spiro atoms. The summed E-state index contributed by atoms with van der Waals surface area (Å²) in [6.45, 7) is 8.56. The van der Waals surface area contributed by atoms with E-state index in [-0.39, 0.29) is 5.91 Å². The molecule has 3 N–H and O–H groups in total. The quantitative estimate of drug-likeness (QED) is 0.365. The smallest absolute Gasteiger partial charge is 0.233 e. The number of amides is 1. The zero-order chi connectivity index (χ0) is 11.0. The van der Waals surface area contributed by atoms with Gasteiger partial charge in [0.1, 0.15) is 0 Å².